The van der Waals surface area contributed by atoms with Crippen molar-refractivity contribution in [2.75, 3.05) is 39.3 Å². The zero-order valence-electron chi connectivity index (χ0n) is 89.1. The van der Waals surface area contributed by atoms with E-state index in [2.05, 4.69) is 424 Å². The molecule has 6 aliphatic rings. The predicted octanol–water partition coefficient (Wildman–Crippen LogP) is 37.5. The minimum Gasteiger partial charge on any atom is -0.301 e. The smallest absolute Gasteiger partial charge is 0.126 e. The standard InChI is InChI=1S/C13H14.5C10H14.C9H11F.C9H12.2C8H17N.C7H15N.2C7H14.C6H12/c1-10(2)12-8-7-11-5-3-4-6-13(11)9-12;2*1-8(2)10-6-4-9(3)5-7-10;3*1-8(2)10-7-5-4-6-9(10)3;1-7(2)8-5-3-4-6-9(8)10;3*1-8(2)9-6-4-3-5-7-9;1-7(2)8-5-3-4-6-8;1-6(2)7(3)4-5-7;1-6(2)5-7-3-4-7;1-5(2)6-3-4-6/h3-10H,1-2H3;5*4-8H,1-3H3;3-7H,1-2H3;3-8H,1-2H3;2*8H,3-7H2,1-2H3;7H,3-6H2,1-2H3;6H,4-5H2,1-3H3;6-7H,3-5H2,1-2H3;5-6H,3-4H2,1-2H3. The molecule has 0 amide bonds. The molecule has 9 aromatic carbocycles. The summed E-state index contributed by atoms with van der Waals surface area (Å²) in [5.41, 5.74) is 18.5. The van der Waals surface area contributed by atoms with E-state index in [4.69, 9.17) is 0 Å². The lowest BCUT2D eigenvalue weighted by atomic mass is 9.95. The van der Waals surface area contributed by atoms with Crippen LogP contribution in [0.1, 0.15) is 417 Å². The Kier molecular flexibility index (Phi) is 60.0. The van der Waals surface area contributed by atoms with Crippen LogP contribution in [0.2, 0.25) is 0 Å². The number of nitrogens with zero attached hydrogens (tertiary/aromatic N) is 3. The maximum absolute atomic E-state index is 12.8. The first kappa shape index (κ1) is 117. The first-order valence-corrected chi connectivity index (χ1v) is 51.3. The summed E-state index contributed by atoms with van der Waals surface area (Å²) in [6.45, 7) is 83.6. The summed E-state index contributed by atoms with van der Waals surface area (Å²) in [6, 6.07) is 77.9. The lowest BCUT2D eigenvalue weighted by Crippen LogP contribution is -2.35. The summed E-state index contributed by atoms with van der Waals surface area (Å²) < 4.78 is 12.8. The monoisotopic (exact) mass is 1750 g/mol. The summed E-state index contributed by atoms with van der Waals surface area (Å²) in [4.78, 5) is 7.65. The summed E-state index contributed by atoms with van der Waals surface area (Å²) in [5, 5.41) is 2.67. The third-order valence-corrected chi connectivity index (χ3v) is 26.0. The van der Waals surface area contributed by atoms with E-state index >= 15 is 0 Å². The molecule has 128 heavy (non-hydrogen) atoms. The third-order valence-electron chi connectivity index (χ3n) is 26.0. The van der Waals surface area contributed by atoms with Crippen LogP contribution in [0.15, 0.2) is 218 Å². The number of piperidine rings is 2. The minimum absolute atomic E-state index is 0.0995. The zero-order valence-corrected chi connectivity index (χ0v) is 89.1. The molecule has 9 aromatic rings. The number of fused-ring (bicyclic) bond motifs is 1. The topological polar surface area (TPSA) is 9.72 Å². The number of rotatable bonds is 15. The molecule has 0 spiro atoms. The van der Waals surface area contributed by atoms with E-state index in [1.807, 2.05) is 32.0 Å². The van der Waals surface area contributed by atoms with E-state index in [0.29, 0.717) is 41.4 Å². The average Bonchev–Trinajstić information content (AvgIpc) is 1.55. The fraction of sp³-hybridized carbons (Fsp3) is 0.581. The summed E-state index contributed by atoms with van der Waals surface area (Å²) >= 11 is 0. The molecule has 3 aliphatic carbocycles. The van der Waals surface area contributed by atoms with Crippen molar-refractivity contribution in [2.24, 2.45) is 35.0 Å². The lowest BCUT2D eigenvalue weighted by molar-refractivity contribution is 0.185. The highest BCUT2D eigenvalue weighted by Gasteiger charge is 2.39. The quantitative estimate of drug-likeness (QED) is 0.101. The van der Waals surface area contributed by atoms with Crippen LogP contribution in [0.5, 0.6) is 0 Å². The maximum Gasteiger partial charge on any atom is 0.126 e. The van der Waals surface area contributed by atoms with E-state index in [0.717, 1.165) is 58.7 Å². The van der Waals surface area contributed by atoms with Gasteiger partial charge in [0, 0.05) is 18.1 Å². The number of likely N-dealkylation sites (tertiary alicyclic amines) is 3. The molecular weight excluding hydrogens is 1550 g/mol. The highest BCUT2D eigenvalue weighted by molar-refractivity contribution is 5.83. The molecule has 0 bridgehead atoms. The Bertz CT molecular complexity index is 3900. The van der Waals surface area contributed by atoms with Gasteiger partial charge in [-0.1, -0.05) is 408 Å². The fourth-order valence-electron chi connectivity index (χ4n) is 15.6. The minimum atomic E-state index is -0.0995. The fourth-order valence-corrected chi connectivity index (χ4v) is 15.6. The van der Waals surface area contributed by atoms with Crippen LogP contribution in [0.3, 0.4) is 0 Å². The van der Waals surface area contributed by atoms with Gasteiger partial charge in [0.1, 0.15) is 5.82 Å². The molecule has 3 aliphatic heterocycles. The van der Waals surface area contributed by atoms with Crippen molar-refractivity contribution in [1.82, 2.24) is 14.7 Å². The average molecular weight is 1750 g/mol. The van der Waals surface area contributed by atoms with Crippen molar-refractivity contribution < 1.29 is 4.39 Å². The molecule has 0 unspecified atom stereocenters. The molecule has 3 saturated heterocycles. The highest BCUT2D eigenvalue weighted by atomic mass is 19.1. The molecule has 0 atom stereocenters. The van der Waals surface area contributed by atoms with Crippen molar-refractivity contribution in [2.45, 2.75) is 397 Å². The van der Waals surface area contributed by atoms with Crippen LogP contribution in [0, 0.1) is 75.4 Å². The first-order valence-electron chi connectivity index (χ1n) is 51.3. The van der Waals surface area contributed by atoms with Gasteiger partial charge in [-0.15, -0.1) is 0 Å². The van der Waals surface area contributed by atoms with Crippen LogP contribution in [0.4, 0.5) is 4.39 Å². The Labute approximate surface area is 792 Å². The molecule has 0 aromatic heterocycles. The number of hydrogen-bond donors (Lipinski definition) is 0. The third kappa shape index (κ3) is 52.9. The molecule has 0 radical (unpaired) electrons. The summed E-state index contributed by atoms with van der Waals surface area (Å²) in [6.07, 6.45) is 21.8. The molecule has 6 fully saturated rings. The Balaban J connectivity index is 0.000000468. The van der Waals surface area contributed by atoms with Gasteiger partial charge in [0.2, 0.25) is 0 Å². The Morgan fingerprint density at radius 1 is 0.289 bits per heavy atom. The zero-order chi connectivity index (χ0) is 96.0. The SMILES string of the molecule is CC(C)C1(C)CC1.CC(C)C1CC1.CC(C)CC1CC1.CC(C)N1CCCC1.CC(C)N1CCCCC1.CC(C)N1CCCCC1.CC(C)c1ccc2ccccc2c1.CC(C)c1ccccc1.CC(C)c1ccccc1F.Cc1ccc(C(C)C)cc1.Cc1ccc(C(C)C)cc1.Cc1ccccc1C(C)C.Cc1ccccc1C(C)C.Cc1ccccc1C(C)C. The van der Waals surface area contributed by atoms with Crippen LogP contribution in [0.25, 0.3) is 10.8 Å². The van der Waals surface area contributed by atoms with Gasteiger partial charge in [-0.3, -0.25) is 0 Å². The normalized spacial score (nSPS) is 15.0. The largest absolute Gasteiger partial charge is 0.301 e. The van der Waals surface area contributed by atoms with Crippen molar-refractivity contribution in [1.29, 1.82) is 0 Å². The second kappa shape index (κ2) is 65.6. The Hall–Kier alpha value is -6.95. The van der Waals surface area contributed by atoms with Gasteiger partial charge < -0.3 is 14.7 Å². The predicted molar refractivity (Wildman–Crippen MR) is 574 cm³/mol. The van der Waals surface area contributed by atoms with Crippen LogP contribution in [-0.2, 0) is 0 Å². The molecule has 0 N–H and O–H groups in total. The molecule has 15 rings (SSSR count). The van der Waals surface area contributed by atoms with E-state index in [1.165, 1.54) is 219 Å². The number of halogens is 1. The van der Waals surface area contributed by atoms with Crippen molar-refractivity contribution in [3.63, 3.8) is 0 Å². The van der Waals surface area contributed by atoms with E-state index in [9.17, 15) is 4.39 Å². The van der Waals surface area contributed by atoms with Crippen molar-refractivity contribution in [3.05, 3.63) is 297 Å². The summed E-state index contributed by atoms with van der Waals surface area (Å²) in [7, 11) is 0. The van der Waals surface area contributed by atoms with Gasteiger partial charge in [-0.05, 0) is 346 Å². The number of hydrogen-bond acceptors (Lipinski definition) is 3. The van der Waals surface area contributed by atoms with E-state index < -0.39 is 0 Å². The Morgan fingerprint density at radius 2 is 0.578 bits per heavy atom. The van der Waals surface area contributed by atoms with Gasteiger partial charge in [-0.2, -0.15) is 0 Å². The van der Waals surface area contributed by atoms with Gasteiger partial charge in [0.15, 0.2) is 0 Å². The highest BCUT2D eigenvalue weighted by Crippen LogP contribution is 2.51. The van der Waals surface area contributed by atoms with Crippen molar-refractivity contribution >= 4 is 10.8 Å². The van der Waals surface area contributed by atoms with Crippen molar-refractivity contribution in [3.8, 4) is 0 Å². The molecule has 714 valence electrons. The van der Waals surface area contributed by atoms with Crippen LogP contribution >= 0.6 is 0 Å². The molecule has 4 heteroatoms. The van der Waals surface area contributed by atoms with E-state index in [1.54, 1.807) is 6.07 Å². The number of benzene rings is 9. The van der Waals surface area contributed by atoms with Gasteiger partial charge in [-0.25, -0.2) is 4.39 Å². The lowest BCUT2D eigenvalue weighted by Gasteiger charge is -2.29. The summed E-state index contributed by atoms with van der Waals surface area (Å²) in [5.74, 6) is 9.76. The van der Waals surface area contributed by atoms with Crippen LogP contribution in [-0.4, -0.2) is 72.1 Å². The van der Waals surface area contributed by atoms with Gasteiger partial charge in [0.05, 0.1) is 0 Å². The van der Waals surface area contributed by atoms with Gasteiger partial charge >= 0.3 is 0 Å². The maximum atomic E-state index is 12.8. The van der Waals surface area contributed by atoms with Gasteiger partial charge in [0.25, 0.3) is 0 Å². The first-order chi connectivity index (χ1) is 60.5. The molecule has 3 saturated carbocycles. The van der Waals surface area contributed by atoms with Crippen LogP contribution < -0.4 is 0 Å². The molecule has 3 nitrogen and oxygen atoms in total. The second-order valence-electron chi connectivity index (χ2n) is 42.3. The number of aryl methyl sites for hydroxylation is 5. The molecular formula is C124H196FN3. The molecule has 3 heterocycles. The second-order valence-corrected chi connectivity index (χ2v) is 42.3. The van der Waals surface area contributed by atoms with E-state index in [-0.39, 0.29) is 11.7 Å². The Morgan fingerprint density at radius 3 is 0.797 bits per heavy atom.